The summed E-state index contributed by atoms with van der Waals surface area (Å²) in [5.41, 5.74) is 2.76. The standard InChI is InChI=1S/C19H30N2O2S/c1-6-8-17(9-7-2)19(23-4)20-15(3)14-16-10-12-18(13-11-16)21-24(5)22/h10-13,17,21H,3,6-9,14H2,1-2,4-5H3. The van der Waals surface area contributed by atoms with Crippen LogP contribution in [-0.2, 0) is 22.1 Å². The normalized spacial score (nSPS) is 13.0. The van der Waals surface area contributed by atoms with Crippen molar-refractivity contribution in [2.75, 3.05) is 18.1 Å². The Kier molecular flexibility index (Phi) is 9.38. The molecule has 1 aromatic rings. The number of hydrogen-bond acceptors (Lipinski definition) is 3. The molecule has 134 valence electrons. The van der Waals surface area contributed by atoms with E-state index in [1.807, 2.05) is 24.3 Å². The van der Waals surface area contributed by atoms with Crippen LogP contribution in [0.25, 0.3) is 0 Å². The topological polar surface area (TPSA) is 50.7 Å². The lowest BCUT2D eigenvalue weighted by Crippen LogP contribution is -2.17. The van der Waals surface area contributed by atoms with Gasteiger partial charge in [0.25, 0.3) is 0 Å². The van der Waals surface area contributed by atoms with Crippen LogP contribution in [0.2, 0.25) is 0 Å². The number of rotatable bonds is 10. The van der Waals surface area contributed by atoms with Gasteiger partial charge in [0, 0.05) is 30.0 Å². The Balaban J connectivity index is 2.75. The summed E-state index contributed by atoms with van der Waals surface area (Å²) in [6, 6.07) is 7.83. The lowest BCUT2D eigenvalue weighted by Gasteiger charge is -2.17. The van der Waals surface area contributed by atoms with Crippen LogP contribution >= 0.6 is 0 Å². The van der Waals surface area contributed by atoms with Crippen molar-refractivity contribution >= 4 is 22.6 Å². The molecule has 0 aliphatic carbocycles. The fraction of sp³-hybridized carbons (Fsp3) is 0.526. The van der Waals surface area contributed by atoms with Crippen molar-refractivity contribution in [3.05, 3.63) is 42.1 Å². The number of hydrogen-bond donors (Lipinski definition) is 1. The van der Waals surface area contributed by atoms with E-state index in [0.29, 0.717) is 12.3 Å². The highest BCUT2D eigenvalue weighted by molar-refractivity contribution is 7.85. The number of anilines is 1. The second-order valence-corrected chi connectivity index (χ2v) is 7.04. The molecular weight excluding hydrogens is 320 g/mol. The average Bonchev–Trinajstić information content (AvgIpc) is 2.54. The SMILES string of the molecule is C=C(Cc1ccc(NS(C)=O)cc1)N=C(OC)C(CCC)CCC. The maximum absolute atomic E-state index is 11.2. The van der Waals surface area contributed by atoms with E-state index >= 15 is 0 Å². The maximum Gasteiger partial charge on any atom is 0.190 e. The van der Waals surface area contributed by atoms with Crippen LogP contribution in [0.4, 0.5) is 5.69 Å². The molecular formula is C19H30N2O2S. The first kappa shape index (κ1) is 20.4. The van der Waals surface area contributed by atoms with Crippen molar-refractivity contribution < 1.29 is 8.95 Å². The Hall–Kier alpha value is -1.62. The van der Waals surface area contributed by atoms with Gasteiger partial charge in [-0.05, 0) is 30.5 Å². The van der Waals surface area contributed by atoms with Gasteiger partial charge in [-0.25, -0.2) is 9.20 Å². The fourth-order valence-corrected chi connectivity index (χ4v) is 3.15. The number of nitrogens with one attached hydrogen (secondary N) is 1. The molecule has 1 unspecified atom stereocenters. The van der Waals surface area contributed by atoms with Gasteiger partial charge in [0.1, 0.15) is 11.0 Å². The Labute approximate surface area is 149 Å². The molecule has 1 N–H and O–H groups in total. The second kappa shape index (κ2) is 11.0. The summed E-state index contributed by atoms with van der Waals surface area (Å²) in [7, 11) is 0.632. The van der Waals surface area contributed by atoms with Crippen molar-refractivity contribution in [3.63, 3.8) is 0 Å². The predicted molar refractivity (Wildman–Crippen MR) is 105 cm³/mol. The van der Waals surface area contributed by atoms with Crippen molar-refractivity contribution in [2.24, 2.45) is 10.9 Å². The first-order valence-electron chi connectivity index (χ1n) is 8.49. The third-order valence-corrected chi connectivity index (χ3v) is 4.25. The highest BCUT2D eigenvalue weighted by Crippen LogP contribution is 2.19. The molecule has 0 heterocycles. The molecule has 0 radical (unpaired) electrons. The Bertz CT molecular complexity index is 561. The maximum atomic E-state index is 11.2. The van der Waals surface area contributed by atoms with Crippen molar-refractivity contribution in [1.29, 1.82) is 0 Å². The highest BCUT2D eigenvalue weighted by atomic mass is 32.2. The van der Waals surface area contributed by atoms with Gasteiger partial charge in [0.15, 0.2) is 5.90 Å². The number of aliphatic imine (C=N–C) groups is 1. The summed E-state index contributed by atoms with van der Waals surface area (Å²) in [4.78, 5) is 4.63. The minimum Gasteiger partial charge on any atom is -0.484 e. The summed E-state index contributed by atoms with van der Waals surface area (Å²) in [6.07, 6.45) is 6.69. The average molecular weight is 351 g/mol. The van der Waals surface area contributed by atoms with Gasteiger partial charge in [-0.2, -0.15) is 0 Å². The van der Waals surface area contributed by atoms with Gasteiger partial charge in [-0.3, -0.25) is 0 Å². The van der Waals surface area contributed by atoms with E-state index < -0.39 is 11.0 Å². The molecule has 0 amide bonds. The van der Waals surface area contributed by atoms with Crippen molar-refractivity contribution in [3.8, 4) is 0 Å². The number of nitrogens with zero attached hydrogens (tertiary/aromatic N) is 1. The summed E-state index contributed by atoms with van der Waals surface area (Å²) >= 11 is 0. The first-order valence-corrected chi connectivity index (χ1v) is 10.0. The lowest BCUT2D eigenvalue weighted by atomic mass is 9.98. The minimum absolute atomic E-state index is 0.368. The predicted octanol–water partition coefficient (Wildman–Crippen LogP) is 4.71. The molecule has 0 spiro atoms. The van der Waals surface area contributed by atoms with Crippen LogP contribution in [0, 0.1) is 5.92 Å². The Morgan fingerprint density at radius 3 is 2.29 bits per heavy atom. The van der Waals surface area contributed by atoms with E-state index in [1.54, 1.807) is 13.4 Å². The Morgan fingerprint density at radius 1 is 1.25 bits per heavy atom. The van der Waals surface area contributed by atoms with E-state index in [4.69, 9.17) is 4.74 Å². The quantitative estimate of drug-likeness (QED) is 0.491. The summed E-state index contributed by atoms with van der Waals surface area (Å²) in [5.74, 6) is 1.16. The Morgan fingerprint density at radius 2 is 1.83 bits per heavy atom. The second-order valence-electron chi connectivity index (χ2n) is 5.92. The molecule has 0 saturated carbocycles. The number of ether oxygens (including phenoxy) is 1. The molecule has 0 aliphatic rings. The minimum atomic E-state index is -1.06. The lowest BCUT2D eigenvalue weighted by molar-refractivity contribution is 0.349. The largest absolute Gasteiger partial charge is 0.484 e. The molecule has 0 bridgehead atoms. The van der Waals surface area contributed by atoms with E-state index in [9.17, 15) is 4.21 Å². The van der Waals surface area contributed by atoms with Crippen LogP contribution in [0.3, 0.4) is 0 Å². The van der Waals surface area contributed by atoms with E-state index in [1.165, 1.54) is 0 Å². The summed E-state index contributed by atoms with van der Waals surface area (Å²) < 4.78 is 19.6. The smallest absolute Gasteiger partial charge is 0.190 e. The first-order chi connectivity index (χ1) is 11.5. The molecule has 0 aromatic heterocycles. The van der Waals surface area contributed by atoms with Crippen LogP contribution < -0.4 is 4.72 Å². The summed E-state index contributed by atoms with van der Waals surface area (Å²) in [6.45, 7) is 8.45. The summed E-state index contributed by atoms with van der Waals surface area (Å²) in [5, 5.41) is 0. The molecule has 1 rings (SSSR count). The molecule has 4 nitrogen and oxygen atoms in total. The highest BCUT2D eigenvalue weighted by Gasteiger charge is 2.15. The fourth-order valence-electron chi connectivity index (χ4n) is 2.68. The zero-order valence-electron chi connectivity index (χ0n) is 15.3. The van der Waals surface area contributed by atoms with E-state index in [-0.39, 0.29) is 0 Å². The van der Waals surface area contributed by atoms with Gasteiger partial charge in [-0.15, -0.1) is 0 Å². The monoisotopic (exact) mass is 350 g/mol. The van der Waals surface area contributed by atoms with E-state index in [2.05, 4.69) is 30.1 Å². The van der Waals surface area contributed by atoms with Crippen LogP contribution in [0.1, 0.15) is 45.1 Å². The van der Waals surface area contributed by atoms with Gasteiger partial charge in [-0.1, -0.05) is 45.4 Å². The molecule has 0 aliphatic heterocycles. The third kappa shape index (κ3) is 7.30. The van der Waals surface area contributed by atoms with Crippen LogP contribution in [-0.4, -0.2) is 23.5 Å². The zero-order chi connectivity index (χ0) is 17.9. The molecule has 1 aromatic carbocycles. The van der Waals surface area contributed by atoms with Gasteiger partial charge in [0.2, 0.25) is 0 Å². The molecule has 5 heteroatoms. The van der Waals surface area contributed by atoms with Gasteiger partial charge < -0.3 is 9.46 Å². The van der Waals surface area contributed by atoms with Crippen LogP contribution in [0.5, 0.6) is 0 Å². The molecule has 0 fully saturated rings. The number of allylic oxidation sites excluding steroid dienone is 1. The number of benzene rings is 1. The molecule has 0 saturated heterocycles. The van der Waals surface area contributed by atoms with E-state index in [0.717, 1.165) is 48.5 Å². The molecule has 1 atom stereocenters. The van der Waals surface area contributed by atoms with Gasteiger partial charge >= 0.3 is 0 Å². The zero-order valence-corrected chi connectivity index (χ0v) is 16.1. The molecule has 24 heavy (non-hydrogen) atoms. The van der Waals surface area contributed by atoms with Gasteiger partial charge in [0.05, 0.1) is 7.11 Å². The van der Waals surface area contributed by atoms with Crippen molar-refractivity contribution in [2.45, 2.75) is 46.0 Å². The van der Waals surface area contributed by atoms with Crippen molar-refractivity contribution in [1.82, 2.24) is 0 Å². The third-order valence-electron chi connectivity index (χ3n) is 3.72. The number of methoxy groups -OCH3 is 1. The van der Waals surface area contributed by atoms with Crippen LogP contribution in [0.15, 0.2) is 41.5 Å².